The van der Waals surface area contributed by atoms with Crippen molar-refractivity contribution >= 4 is 33.3 Å². The predicted molar refractivity (Wildman–Crippen MR) is 68.7 cm³/mol. The fourth-order valence-corrected chi connectivity index (χ4v) is 2.59. The van der Waals surface area contributed by atoms with Crippen LogP contribution in [0.3, 0.4) is 0 Å². The van der Waals surface area contributed by atoms with Crippen molar-refractivity contribution in [2.75, 3.05) is 4.90 Å². The Morgan fingerprint density at radius 2 is 2.16 bits per heavy atom. The fourth-order valence-electron chi connectivity index (χ4n) is 2.01. The number of fused-ring (bicyclic) bond motifs is 1. The highest BCUT2D eigenvalue weighted by Gasteiger charge is 2.37. The first kappa shape index (κ1) is 12.0. The Bertz CT molecular complexity index is 695. The van der Waals surface area contributed by atoms with Crippen LogP contribution in [0.2, 0.25) is 0 Å². The number of aromatic nitrogens is 2. The summed E-state index contributed by atoms with van der Waals surface area (Å²) in [6.45, 7) is 1.77. The molecule has 1 aliphatic heterocycles. The normalized spacial score (nSPS) is 14.1. The Hall–Kier alpha value is -2.02. The summed E-state index contributed by atoms with van der Waals surface area (Å²) in [6.07, 6.45) is 0. The van der Waals surface area contributed by atoms with Crippen LogP contribution in [-0.4, -0.2) is 21.8 Å². The molecule has 0 unspecified atom stereocenters. The average molecular weight is 322 g/mol. The number of anilines is 1. The molecule has 2 heterocycles. The second-order valence-corrected chi connectivity index (χ2v) is 4.94. The highest BCUT2D eigenvalue weighted by atomic mass is 79.9. The molecule has 96 valence electrons. The van der Waals surface area contributed by atoms with Crippen LogP contribution in [0, 0.1) is 6.92 Å². The Labute approximate surface area is 116 Å². The van der Waals surface area contributed by atoms with E-state index in [1.807, 2.05) is 0 Å². The SMILES string of the molecule is Cc1nc(CN2C(=O)C(=O)c3cccc(Br)c32)no1. The van der Waals surface area contributed by atoms with E-state index in [9.17, 15) is 9.59 Å². The highest BCUT2D eigenvalue weighted by Crippen LogP contribution is 2.36. The molecule has 0 radical (unpaired) electrons. The number of hydrogen-bond acceptors (Lipinski definition) is 5. The topological polar surface area (TPSA) is 76.3 Å². The number of aryl methyl sites for hydroxylation is 1. The lowest BCUT2D eigenvalue weighted by molar-refractivity contribution is -0.114. The molecule has 0 spiro atoms. The van der Waals surface area contributed by atoms with Gasteiger partial charge in [0.2, 0.25) is 5.89 Å². The van der Waals surface area contributed by atoms with Gasteiger partial charge in [-0.25, -0.2) is 0 Å². The number of nitrogens with zero attached hydrogens (tertiary/aromatic N) is 3. The third-order valence-corrected chi connectivity index (χ3v) is 3.45. The van der Waals surface area contributed by atoms with E-state index >= 15 is 0 Å². The van der Waals surface area contributed by atoms with Gasteiger partial charge in [-0.3, -0.25) is 14.5 Å². The standard InChI is InChI=1S/C12H8BrN3O3/c1-6-14-9(15-19-6)5-16-10-7(11(17)12(16)18)3-2-4-8(10)13/h2-4H,5H2,1H3. The lowest BCUT2D eigenvalue weighted by Gasteiger charge is -2.15. The second-order valence-electron chi connectivity index (χ2n) is 4.09. The number of para-hydroxylation sites is 1. The summed E-state index contributed by atoms with van der Waals surface area (Å²) in [5.74, 6) is -0.316. The molecule has 1 amide bonds. The third-order valence-electron chi connectivity index (χ3n) is 2.81. The van der Waals surface area contributed by atoms with Crippen molar-refractivity contribution in [3.63, 3.8) is 0 Å². The minimum atomic E-state index is -0.579. The molecule has 6 nitrogen and oxygen atoms in total. The zero-order valence-corrected chi connectivity index (χ0v) is 11.5. The van der Waals surface area contributed by atoms with Crippen molar-refractivity contribution in [3.8, 4) is 0 Å². The number of hydrogen-bond donors (Lipinski definition) is 0. The molecule has 0 saturated carbocycles. The van der Waals surface area contributed by atoms with Gasteiger partial charge >= 0.3 is 0 Å². The van der Waals surface area contributed by atoms with E-state index in [0.29, 0.717) is 27.4 Å². The van der Waals surface area contributed by atoms with Crippen LogP contribution in [0.25, 0.3) is 0 Å². The van der Waals surface area contributed by atoms with Gasteiger partial charge in [0.05, 0.1) is 17.8 Å². The number of carbonyl (C=O) groups excluding carboxylic acids is 2. The number of ketones is 1. The first-order valence-electron chi connectivity index (χ1n) is 5.52. The molecule has 0 saturated heterocycles. The van der Waals surface area contributed by atoms with Crippen molar-refractivity contribution < 1.29 is 14.1 Å². The summed E-state index contributed by atoms with van der Waals surface area (Å²) >= 11 is 3.35. The van der Waals surface area contributed by atoms with Crippen molar-refractivity contribution in [1.82, 2.24) is 10.1 Å². The minimum absolute atomic E-state index is 0.109. The van der Waals surface area contributed by atoms with Crippen molar-refractivity contribution in [2.24, 2.45) is 0 Å². The molecular weight excluding hydrogens is 314 g/mol. The van der Waals surface area contributed by atoms with E-state index in [1.165, 1.54) is 4.90 Å². The first-order chi connectivity index (χ1) is 9.08. The predicted octanol–water partition coefficient (Wildman–Crippen LogP) is 1.87. The van der Waals surface area contributed by atoms with E-state index in [0.717, 1.165) is 0 Å². The molecule has 0 fully saturated rings. The van der Waals surface area contributed by atoms with Crippen molar-refractivity contribution in [1.29, 1.82) is 0 Å². The number of amides is 1. The van der Waals surface area contributed by atoms with Gasteiger partial charge in [-0.05, 0) is 28.1 Å². The Morgan fingerprint density at radius 3 is 2.84 bits per heavy atom. The molecule has 0 N–H and O–H groups in total. The van der Waals surface area contributed by atoms with Crippen molar-refractivity contribution in [3.05, 3.63) is 40.0 Å². The molecule has 0 aliphatic carbocycles. The molecular formula is C12H8BrN3O3. The summed E-state index contributed by atoms with van der Waals surface area (Å²) in [7, 11) is 0. The molecule has 7 heteroatoms. The summed E-state index contributed by atoms with van der Waals surface area (Å²) in [4.78, 5) is 29.3. The molecule has 1 aliphatic rings. The van der Waals surface area contributed by atoms with Gasteiger partial charge in [-0.2, -0.15) is 4.98 Å². The first-order valence-corrected chi connectivity index (χ1v) is 6.31. The average Bonchev–Trinajstić information content (AvgIpc) is 2.89. The summed E-state index contributed by atoms with van der Waals surface area (Å²) in [6, 6.07) is 5.12. The maximum absolute atomic E-state index is 12.0. The highest BCUT2D eigenvalue weighted by molar-refractivity contribution is 9.10. The summed E-state index contributed by atoms with van der Waals surface area (Å²) in [5.41, 5.74) is 0.944. The largest absolute Gasteiger partial charge is 0.340 e. The molecule has 1 aromatic heterocycles. The van der Waals surface area contributed by atoms with E-state index in [2.05, 4.69) is 26.1 Å². The number of benzene rings is 1. The molecule has 0 bridgehead atoms. The quantitative estimate of drug-likeness (QED) is 0.789. The number of Topliss-reactive ketones (excluding diaryl/α,β-unsaturated/α-hetero) is 1. The number of rotatable bonds is 2. The zero-order chi connectivity index (χ0) is 13.6. The minimum Gasteiger partial charge on any atom is -0.340 e. The van der Waals surface area contributed by atoms with Gasteiger partial charge in [0, 0.05) is 11.4 Å². The maximum Gasteiger partial charge on any atom is 0.299 e. The monoisotopic (exact) mass is 321 g/mol. The van der Waals surface area contributed by atoms with Gasteiger partial charge in [0.1, 0.15) is 0 Å². The Morgan fingerprint density at radius 1 is 1.37 bits per heavy atom. The van der Waals surface area contributed by atoms with Crippen LogP contribution in [0.15, 0.2) is 27.2 Å². The van der Waals surface area contributed by atoms with Gasteiger partial charge in [0.25, 0.3) is 11.7 Å². The van der Waals surface area contributed by atoms with Crippen LogP contribution >= 0.6 is 15.9 Å². The van der Waals surface area contributed by atoms with E-state index in [1.54, 1.807) is 25.1 Å². The molecule has 3 rings (SSSR count). The molecule has 2 aromatic rings. The summed E-state index contributed by atoms with van der Waals surface area (Å²) in [5, 5.41) is 3.73. The lowest BCUT2D eigenvalue weighted by Crippen LogP contribution is -2.29. The zero-order valence-electron chi connectivity index (χ0n) is 9.88. The van der Waals surface area contributed by atoms with Gasteiger partial charge < -0.3 is 4.52 Å². The van der Waals surface area contributed by atoms with Gasteiger partial charge in [-0.15, -0.1) is 0 Å². The van der Waals surface area contributed by atoms with Crippen LogP contribution in [-0.2, 0) is 11.3 Å². The Balaban J connectivity index is 2.04. The van der Waals surface area contributed by atoms with Crippen molar-refractivity contribution in [2.45, 2.75) is 13.5 Å². The smallest absolute Gasteiger partial charge is 0.299 e. The fraction of sp³-hybridized carbons (Fsp3) is 0.167. The maximum atomic E-state index is 12.0. The van der Waals surface area contributed by atoms with Gasteiger partial charge in [-0.1, -0.05) is 11.2 Å². The lowest BCUT2D eigenvalue weighted by atomic mass is 10.1. The van der Waals surface area contributed by atoms with Crippen LogP contribution in [0.5, 0.6) is 0 Å². The van der Waals surface area contributed by atoms with E-state index < -0.39 is 11.7 Å². The van der Waals surface area contributed by atoms with Gasteiger partial charge in [0.15, 0.2) is 5.82 Å². The molecule has 19 heavy (non-hydrogen) atoms. The van der Waals surface area contributed by atoms with E-state index in [4.69, 9.17) is 4.52 Å². The number of carbonyl (C=O) groups is 2. The number of halogens is 1. The van der Waals surface area contributed by atoms with E-state index in [-0.39, 0.29) is 6.54 Å². The van der Waals surface area contributed by atoms with Crippen LogP contribution in [0.4, 0.5) is 5.69 Å². The molecule has 1 aromatic carbocycles. The molecule has 0 atom stereocenters. The van der Waals surface area contributed by atoms with Crippen LogP contribution in [0.1, 0.15) is 22.1 Å². The Kier molecular flexibility index (Phi) is 2.70. The third kappa shape index (κ3) is 1.86. The summed E-state index contributed by atoms with van der Waals surface area (Å²) < 4.78 is 5.54. The van der Waals surface area contributed by atoms with Crippen LogP contribution < -0.4 is 4.90 Å². The second kappa shape index (κ2) is 4.27.